The number of imide groups is 1. The lowest BCUT2D eigenvalue weighted by Gasteiger charge is -2.17. The van der Waals surface area contributed by atoms with Crippen molar-refractivity contribution >= 4 is 29.1 Å². The third-order valence-electron chi connectivity index (χ3n) is 4.14. The highest BCUT2D eigenvalue weighted by Gasteiger charge is 2.20. The lowest BCUT2D eigenvalue weighted by molar-refractivity contribution is -0.148. The van der Waals surface area contributed by atoms with Crippen molar-refractivity contribution in [3.8, 4) is 0 Å². The summed E-state index contributed by atoms with van der Waals surface area (Å²) >= 11 is 1.23. The standard InChI is InChI=1S/C22H19NO4S/c24-20(23-22(26)19-12-7-13-28-19)15-27-21(25)14-18(16-8-3-1-4-9-16)17-10-5-2-6-11-17/h1-13,18H,14-15H2,(H,23,24,26). The first kappa shape index (κ1) is 19.5. The first-order valence-electron chi connectivity index (χ1n) is 8.76. The van der Waals surface area contributed by atoms with Gasteiger partial charge in [-0.15, -0.1) is 11.3 Å². The zero-order valence-electron chi connectivity index (χ0n) is 15.0. The lowest BCUT2D eigenvalue weighted by atomic mass is 9.89. The van der Waals surface area contributed by atoms with Gasteiger partial charge < -0.3 is 4.74 Å². The number of carbonyl (C=O) groups excluding carboxylic acids is 3. The summed E-state index contributed by atoms with van der Waals surface area (Å²) in [6.07, 6.45) is 0.0974. The lowest BCUT2D eigenvalue weighted by Crippen LogP contribution is -2.33. The second-order valence-electron chi connectivity index (χ2n) is 6.09. The van der Waals surface area contributed by atoms with Crippen LogP contribution in [0.5, 0.6) is 0 Å². The average Bonchev–Trinajstić information content (AvgIpc) is 3.27. The van der Waals surface area contributed by atoms with Gasteiger partial charge in [0.15, 0.2) is 6.61 Å². The van der Waals surface area contributed by atoms with Crippen molar-refractivity contribution in [2.75, 3.05) is 6.61 Å². The summed E-state index contributed by atoms with van der Waals surface area (Å²) in [7, 11) is 0. The van der Waals surface area contributed by atoms with Crippen molar-refractivity contribution in [1.29, 1.82) is 0 Å². The van der Waals surface area contributed by atoms with Crippen LogP contribution in [-0.2, 0) is 14.3 Å². The Morgan fingerprint density at radius 2 is 1.46 bits per heavy atom. The molecule has 0 saturated carbocycles. The SMILES string of the molecule is O=C(COC(=O)CC(c1ccccc1)c1ccccc1)NC(=O)c1cccs1. The quantitative estimate of drug-likeness (QED) is 0.620. The summed E-state index contributed by atoms with van der Waals surface area (Å²) in [5.74, 6) is -1.83. The molecule has 0 aliphatic rings. The fourth-order valence-corrected chi connectivity index (χ4v) is 3.42. The van der Waals surface area contributed by atoms with Crippen molar-refractivity contribution in [1.82, 2.24) is 5.32 Å². The molecule has 0 radical (unpaired) electrons. The van der Waals surface area contributed by atoms with E-state index in [1.165, 1.54) is 11.3 Å². The molecule has 3 aromatic rings. The number of hydrogen-bond acceptors (Lipinski definition) is 5. The maximum Gasteiger partial charge on any atom is 0.307 e. The molecule has 3 rings (SSSR count). The van der Waals surface area contributed by atoms with E-state index in [2.05, 4.69) is 5.32 Å². The second kappa shape index (κ2) is 9.62. The molecule has 5 nitrogen and oxygen atoms in total. The van der Waals surface area contributed by atoms with Gasteiger partial charge in [-0.1, -0.05) is 66.7 Å². The van der Waals surface area contributed by atoms with E-state index >= 15 is 0 Å². The second-order valence-corrected chi connectivity index (χ2v) is 7.04. The molecule has 2 amide bonds. The zero-order valence-corrected chi connectivity index (χ0v) is 15.9. The number of benzene rings is 2. The van der Waals surface area contributed by atoms with Gasteiger partial charge in [-0.2, -0.15) is 0 Å². The first-order valence-corrected chi connectivity index (χ1v) is 9.64. The molecule has 28 heavy (non-hydrogen) atoms. The van der Waals surface area contributed by atoms with Gasteiger partial charge in [-0.25, -0.2) is 0 Å². The number of thiophene rings is 1. The van der Waals surface area contributed by atoms with Crippen molar-refractivity contribution in [2.24, 2.45) is 0 Å². The Morgan fingerprint density at radius 3 is 2.00 bits per heavy atom. The minimum Gasteiger partial charge on any atom is -0.456 e. The van der Waals surface area contributed by atoms with Gasteiger partial charge in [0, 0.05) is 5.92 Å². The molecule has 0 bridgehead atoms. The van der Waals surface area contributed by atoms with Crippen LogP contribution in [0, 0.1) is 0 Å². The Bertz CT molecular complexity index is 884. The fourth-order valence-electron chi connectivity index (χ4n) is 2.80. The van der Waals surface area contributed by atoms with Gasteiger partial charge in [-0.3, -0.25) is 19.7 Å². The van der Waals surface area contributed by atoms with E-state index < -0.39 is 24.4 Å². The molecule has 0 atom stereocenters. The molecule has 1 heterocycles. The van der Waals surface area contributed by atoms with Crippen LogP contribution in [0.2, 0.25) is 0 Å². The van der Waals surface area contributed by atoms with Crippen LogP contribution < -0.4 is 5.32 Å². The Labute approximate surface area is 167 Å². The molecule has 0 aliphatic heterocycles. The van der Waals surface area contributed by atoms with Crippen molar-refractivity contribution < 1.29 is 19.1 Å². The maximum absolute atomic E-state index is 12.3. The maximum atomic E-state index is 12.3. The number of carbonyl (C=O) groups is 3. The zero-order chi connectivity index (χ0) is 19.8. The van der Waals surface area contributed by atoms with Gasteiger partial charge in [0.05, 0.1) is 11.3 Å². The number of esters is 1. The first-order chi connectivity index (χ1) is 13.6. The Morgan fingerprint density at radius 1 is 0.857 bits per heavy atom. The Hall–Kier alpha value is -3.25. The Balaban J connectivity index is 1.58. The van der Waals surface area contributed by atoms with Crippen LogP contribution in [0.4, 0.5) is 0 Å². The summed E-state index contributed by atoms with van der Waals surface area (Å²) in [6.45, 7) is -0.494. The normalized spacial score (nSPS) is 10.5. The largest absolute Gasteiger partial charge is 0.456 e. The number of rotatable bonds is 7. The monoisotopic (exact) mass is 393 g/mol. The summed E-state index contributed by atoms with van der Waals surface area (Å²) < 4.78 is 5.10. The molecular formula is C22H19NO4S. The van der Waals surface area contributed by atoms with E-state index in [4.69, 9.17) is 4.74 Å². The molecule has 0 aliphatic carbocycles. The number of nitrogens with one attached hydrogen (secondary N) is 1. The molecule has 0 saturated heterocycles. The summed E-state index contributed by atoms with van der Waals surface area (Å²) in [6, 6.07) is 22.7. The highest BCUT2D eigenvalue weighted by molar-refractivity contribution is 7.12. The number of hydrogen-bond donors (Lipinski definition) is 1. The van der Waals surface area contributed by atoms with Crippen molar-refractivity contribution in [2.45, 2.75) is 12.3 Å². The average molecular weight is 393 g/mol. The van der Waals surface area contributed by atoms with Crippen LogP contribution >= 0.6 is 11.3 Å². The number of amides is 2. The smallest absolute Gasteiger partial charge is 0.307 e. The highest BCUT2D eigenvalue weighted by atomic mass is 32.1. The molecule has 1 aromatic heterocycles. The van der Waals surface area contributed by atoms with Gasteiger partial charge in [0.25, 0.3) is 11.8 Å². The van der Waals surface area contributed by atoms with Crippen LogP contribution in [0.15, 0.2) is 78.2 Å². The van der Waals surface area contributed by atoms with Crippen LogP contribution in [0.25, 0.3) is 0 Å². The van der Waals surface area contributed by atoms with E-state index in [1.54, 1.807) is 17.5 Å². The van der Waals surface area contributed by atoms with Gasteiger partial charge in [0.1, 0.15) is 0 Å². The predicted molar refractivity (Wildman–Crippen MR) is 107 cm³/mol. The third-order valence-corrected chi connectivity index (χ3v) is 5.01. The van der Waals surface area contributed by atoms with Crippen LogP contribution in [-0.4, -0.2) is 24.4 Å². The van der Waals surface area contributed by atoms with Crippen molar-refractivity contribution in [3.05, 3.63) is 94.2 Å². The predicted octanol–water partition coefficient (Wildman–Crippen LogP) is 3.77. The third kappa shape index (κ3) is 5.37. The van der Waals surface area contributed by atoms with Gasteiger partial charge in [0.2, 0.25) is 0 Å². The van der Waals surface area contributed by atoms with Crippen LogP contribution in [0.1, 0.15) is 33.1 Å². The van der Waals surface area contributed by atoms with Gasteiger partial charge >= 0.3 is 5.97 Å². The number of ether oxygens (including phenoxy) is 1. The molecule has 2 aromatic carbocycles. The van der Waals surface area contributed by atoms with E-state index in [0.717, 1.165) is 11.1 Å². The van der Waals surface area contributed by atoms with E-state index in [9.17, 15) is 14.4 Å². The van der Waals surface area contributed by atoms with Gasteiger partial charge in [-0.05, 0) is 22.6 Å². The highest BCUT2D eigenvalue weighted by Crippen LogP contribution is 2.28. The molecule has 0 fully saturated rings. The molecule has 0 spiro atoms. The minimum absolute atomic E-state index is 0.0974. The van der Waals surface area contributed by atoms with Crippen molar-refractivity contribution in [3.63, 3.8) is 0 Å². The molecule has 6 heteroatoms. The van der Waals surface area contributed by atoms with E-state index in [0.29, 0.717) is 4.88 Å². The fraction of sp³-hybridized carbons (Fsp3) is 0.136. The minimum atomic E-state index is -0.650. The Kier molecular flexibility index (Phi) is 6.70. The van der Waals surface area contributed by atoms with Crippen LogP contribution in [0.3, 0.4) is 0 Å². The topological polar surface area (TPSA) is 72.5 Å². The molecular weight excluding hydrogens is 374 g/mol. The summed E-state index contributed by atoms with van der Waals surface area (Å²) in [5.41, 5.74) is 1.98. The molecule has 0 unspecified atom stereocenters. The summed E-state index contributed by atoms with van der Waals surface area (Å²) in [5, 5.41) is 3.95. The summed E-state index contributed by atoms with van der Waals surface area (Å²) in [4.78, 5) is 36.5. The molecule has 142 valence electrons. The molecule has 1 N–H and O–H groups in total. The van der Waals surface area contributed by atoms with E-state index in [1.807, 2.05) is 60.7 Å². The van der Waals surface area contributed by atoms with E-state index in [-0.39, 0.29) is 12.3 Å².